The van der Waals surface area contributed by atoms with Gasteiger partial charge >= 0.3 is 5.97 Å². The molecule has 5 heteroatoms. The van der Waals surface area contributed by atoms with Gasteiger partial charge in [0.25, 0.3) is 0 Å². The van der Waals surface area contributed by atoms with E-state index in [2.05, 4.69) is 4.98 Å². The summed E-state index contributed by atoms with van der Waals surface area (Å²) in [7, 11) is 1.74. The number of benzene rings is 1. The van der Waals surface area contributed by atoms with Crippen molar-refractivity contribution in [3.63, 3.8) is 0 Å². The van der Waals surface area contributed by atoms with Gasteiger partial charge in [0.2, 0.25) is 0 Å². The van der Waals surface area contributed by atoms with Crippen molar-refractivity contribution in [2.75, 3.05) is 11.9 Å². The van der Waals surface area contributed by atoms with Crippen LogP contribution in [0.3, 0.4) is 0 Å². The summed E-state index contributed by atoms with van der Waals surface area (Å²) in [5, 5.41) is 9.35. The first-order valence-corrected chi connectivity index (χ1v) is 6.11. The molecule has 0 amide bonds. The lowest BCUT2D eigenvalue weighted by Crippen LogP contribution is -2.16. The van der Waals surface area contributed by atoms with Crippen LogP contribution >= 0.6 is 0 Å². The van der Waals surface area contributed by atoms with Gasteiger partial charge in [0.05, 0.1) is 11.4 Å². The fraction of sp³-hybridized carbons (Fsp3) is 0.200. The number of hydrogen-bond donors (Lipinski definition) is 1. The number of pyridine rings is 1. The lowest BCUT2D eigenvalue weighted by molar-refractivity contribution is 0.0696. The predicted octanol–water partition coefficient (Wildman–Crippen LogP) is 3.30. The molecule has 2 aromatic rings. The van der Waals surface area contributed by atoms with E-state index in [1.54, 1.807) is 44.0 Å². The average Bonchev–Trinajstić information content (AvgIpc) is 2.37. The number of anilines is 2. The van der Waals surface area contributed by atoms with Gasteiger partial charge in [-0.1, -0.05) is 0 Å². The highest BCUT2D eigenvalue weighted by molar-refractivity contribution is 5.96. The topological polar surface area (TPSA) is 53.4 Å². The lowest BCUT2D eigenvalue weighted by atomic mass is 10.1. The highest BCUT2D eigenvalue weighted by Gasteiger charge is 2.19. The summed E-state index contributed by atoms with van der Waals surface area (Å²) in [6.45, 7) is 3.47. The highest BCUT2D eigenvalue weighted by atomic mass is 19.1. The SMILES string of the molecule is Cc1cc(N(C)c2ccc(F)cc2)c(C(=O)O)c(C)n1. The van der Waals surface area contributed by atoms with E-state index in [0.717, 1.165) is 5.69 Å². The molecular formula is C15H15FN2O2. The van der Waals surface area contributed by atoms with Crippen LogP contribution in [-0.4, -0.2) is 23.1 Å². The van der Waals surface area contributed by atoms with Gasteiger partial charge in [0.15, 0.2) is 0 Å². The maximum absolute atomic E-state index is 13.0. The Morgan fingerprint density at radius 1 is 1.25 bits per heavy atom. The molecule has 0 spiro atoms. The van der Waals surface area contributed by atoms with Crippen LogP contribution in [0.5, 0.6) is 0 Å². The molecule has 0 aliphatic rings. The Balaban J connectivity index is 2.56. The van der Waals surface area contributed by atoms with Crippen molar-refractivity contribution in [2.24, 2.45) is 0 Å². The van der Waals surface area contributed by atoms with Gasteiger partial charge in [0.1, 0.15) is 11.4 Å². The quantitative estimate of drug-likeness (QED) is 0.933. The van der Waals surface area contributed by atoms with E-state index in [4.69, 9.17) is 0 Å². The van der Waals surface area contributed by atoms with Crippen LogP contribution in [0.2, 0.25) is 0 Å². The summed E-state index contributed by atoms with van der Waals surface area (Å²) in [5.74, 6) is -1.36. The van der Waals surface area contributed by atoms with Gasteiger partial charge in [-0.05, 0) is 44.2 Å². The fourth-order valence-corrected chi connectivity index (χ4v) is 2.14. The molecular weight excluding hydrogens is 259 g/mol. The summed E-state index contributed by atoms with van der Waals surface area (Å²) in [6.07, 6.45) is 0. The molecule has 0 aliphatic heterocycles. The number of hydrogen-bond acceptors (Lipinski definition) is 3. The maximum Gasteiger partial charge on any atom is 0.339 e. The van der Waals surface area contributed by atoms with E-state index < -0.39 is 5.97 Å². The van der Waals surface area contributed by atoms with E-state index >= 15 is 0 Å². The van der Waals surface area contributed by atoms with Gasteiger partial charge in [-0.15, -0.1) is 0 Å². The number of carbonyl (C=O) groups is 1. The Labute approximate surface area is 116 Å². The van der Waals surface area contributed by atoms with Gasteiger partial charge in [0, 0.05) is 18.4 Å². The van der Waals surface area contributed by atoms with Crippen LogP contribution in [0.4, 0.5) is 15.8 Å². The van der Waals surface area contributed by atoms with Crippen molar-refractivity contribution in [3.8, 4) is 0 Å². The zero-order valence-corrected chi connectivity index (χ0v) is 11.5. The van der Waals surface area contributed by atoms with E-state index in [9.17, 15) is 14.3 Å². The molecule has 0 saturated heterocycles. The fourth-order valence-electron chi connectivity index (χ4n) is 2.14. The highest BCUT2D eigenvalue weighted by Crippen LogP contribution is 2.29. The minimum atomic E-state index is -1.03. The molecule has 0 unspecified atom stereocenters. The summed E-state index contributed by atoms with van der Waals surface area (Å²) in [4.78, 5) is 17.3. The Bertz CT molecular complexity index is 654. The molecule has 2 rings (SSSR count). The number of aromatic carboxylic acids is 1. The molecule has 4 nitrogen and oxygen atoms in total. The normalized spacial score (nSPS) is 10.4. The maximum atomic E-state index is 13.0. The average molecular weight is 274 g/mol. The zero-order valence-electron chi connectivity index (χ0n) is 11.5. The van der Waals surface area contributed by atoms with Gasteiger partial charge in [-0.2, -0.15) is 0 Å². The standard InChI is InChI=1S/C15H15FN2O2/c1-9-8-13(14(15(19)20)10(2)17-9)18(3)12-6-4-11(16)5-7-12/h4-8H,1-3H3,(H,19,20). The molecule has 1 heterocycles. The molecule has 1 N–H and O–H groups in total. The number of aryl methyl sites for hydroxylation is 2. The van der Waals surface area contributed by atoms with E-state index in [1.807, 2.05) is 0 Å². The van der Waals surface area contributed by atoms with E-state index in [-0.39, 0.29) is 11.4 Å². The summed E-state index contributed by atoms with van der Waals surface area (Å²) >= 11 is 0. The van der Waals surface area contributed by atoms with Crippen molar-refractivity contribution < 1.29 is 14.3 Å². The molecule has 1 aromatic heterocycles. The van der Waals surface area contributed by atoms with Crippen molar-refractivity contribution in [1.82, 2.24) is 4.98 Å². The number of carboxylic acids is 1. The number of nitrogens with zero attached hydrogens (tertiary/aromatic N) is 2. The first kappa shape index (κ1) is 14.0. The third-order valence-corrected chi connectivity index (χ3v) is 3.10. The molecule has 0 radical (unpaired) electrons. The van der Waals surface area contributed by atoms with Crippen LogP contribution in [0.25, 0.3) is 0 Å². The minimum absolute atomic E-state index is 0.155. The number of halogens is 1. The van der Waals surface area contributed by atoms with Crippen molar-refractivity contribution in [1.29, 1.82) is 0 Å². The summed E-state index contributed by atoms with van der Waals surface area (Å²) < 4.78 is 13.0. The first-order chi connectivity index (χ1) is 9.40. The summed E-state index contributed by atoms with van der Waals surface area (Å²) in [5.41, 5.74) is 2.59. The molecule has 0 saturated carbocycles. The second-order valence-corrected chi connectivity index (χ2v) is 4.58. The Morgan fingerprint density at radius 3 is 2.40 bits per heavy atom. The Hall–Kier alpha value is -2.43. The van der Waals surface area contributed by atoms with Gasteiger partial charge < -0.3 is 10.0 Å². The monoisotopic (exact) mass is 274 g/mol. The van der Waals surface area contributed by atoms with Gasteiger partial charge in [-0.25, -0.2) is 9.18 Å². The van der Waals surface area contributed by atoms with Crippen LogP contribution in [0, 0.1) is 19.7 Å². The third-order valence-electron chi connectivity index (χ3n) is 3.10. The largest absolute Gasteiger partial charge is 0.478 e. The number of carboxylic acid groups (broad SMARTS) is 1. The molecule has 104 valence electrons. The predicted molar refractivity (Wildman–Crippen MR) is 75.1 cm³/mol. The Kier molecular flexibility index (Phi) is 3.70. The van der Waals surface area contributed by atoms with Gasteiger partial charge in [-0.3, -0.25) is 4.98 Å². The molecule has 0 bridgehead atoms. The smallest absolute Gasteiger partial charge is 0.339 e. The van der Waals surface area contributed by atoms with Crippen molar-refractivity contribution in [3.05, 3.63) is 53.1 Å². The van der Waals surface area contributed by atoms with E-state index in [0.29, 0.717) is 17.1 Å². The molecule has 20 heavy (non-hydrogen) atoms. The Morgan fingerprint density at radius 2 is 1.85 bits per heavy atom. The van der Waals surface area contributed by atoms with Crippen LogP contribution < -0.4 is 4.90 Å². The summed E-state index contributed by atoms with van der Waals surface area (Å²) in [6, 6.07) is 7.60. The number of aromatic nitrogens is 1. The second kappa shape index (κ2) is 5.28. The van der Waals surface area contributed by atoms with Crippen molar-refractivity contribution >= 4 is 17.3 Å². The molecule has 0 atom stereocenters. The molecule has 0 aliphatic carbocycles. The lowest BCUT2D eigenvalue weighted by Gasteiger charge is -2.22. The first-order valence-electron chi connectivity index (χ1n) is 6.11. The molecule has 1 aromatic carbocycles. The van der Waals surface area contributed by atoms with Crippen LogP contribution in [0.15, 0.2) is 30.3 Å². The second-order valence-electron chi connectivity index (χ2n) is 4.58. The van der Waals surface area contributed by atoms with Crippen LogP contribution in [-0.2, 0) is 0 Å². The number of rotatable bonds is 3. The van der Waals surface area contributed by atoms with Crippen molar-refractivity contribution in [2.45, 2.75) is 13.8 Å². The zero-order chi connectivity index (χ0) is 14.9. The van der Waals surface area contributed by atoms with Crippen LogP contribution in [0.1, 0.15) is 21.7 Å². The third kappa shape index (κ3) is 2.61. The van der Waals surface area contributed by atoms with E-state index in [1.165, 1.54) is 12.1 Å². The minimum Gasteiger partial charge on any atom is -0.478 e. The molecule has 0 fully saturated rings.